The summed E-state index contributed by atoms with van der Waals surface area (Å²) in [6, 6.07) is 0.254. The lowest BCUT2D eigenvalue weighted by molar-refractivity contribution is 0.0685. The number of sulfonamides is 1. The SMILES string of the molecule is CCCS(=O)(=O)Nc1cc(F)c(F)c(C(=O)O)c1F. The third-order valence-electron chi connectivity index (χ3n) is 2.11. The molecule has 2 N–H and O–H groups in total. The van der Waals surface area contributed by atoms with Crippen molar-refractivity contribution in [2.45, 2.75) is 13.3 Å². The van der Waals surface area contributed by atoms with Crippen LogP contribution in [0.2, 0.25) is 0 Å². The second kappa shape index (κ2) is 5.47. The minimum Gasteiger partial charge on any atom is -0.477 e. The zero-order chi connectivity index (χ0) is 14.8. The molecule has 0 aliphatic rings. The molecule has 0 aliphatic carbocycles. The topological polar surface area (TPSA) is 83.5 Å². The first kappa shape index (κ1) is 15.3. The molecule has 0 saturated heterocycles. The van der Waals surface area contributed by atoms with Gasteiger partial charge in [-0.2, -0.15) is 0 Å². The Kier molecular flexibility index (Phi) is 4.40. The lowest BCUT2D eigenvalue weighted by atomic mass is 10.1. The number of hydrogen-bond donors (Lipinski definition) is 2. The highest BCUT2D eigenvalue weighted by atomic mass is 32.2. The summed E-state index contributed by atoms with van der Waals surface area (Å²) in [7, 11) is -3.95. The molecule has 5 nitrogen and oxygen atoms in total. The first-order valence-electron chi connectivity index (χ1n) is 5.11. The van der Waals surface area contributed by atoms with E-state index in [0.29, 0.717) is 0 Å². The first-order chi connectivity index (χ1) is 8.69. The number of anilines is 1. The number of carboxylic acid groups (broad SMARTS) is 1. The van der Waals surface area contributed by atoms with Crippen molar-refractivity contribution in [3.63, 3.8) is 0 Å². The van der Waals surface area contributed by atoms with Crippen LogP contribution in [0.15, 0.2) is 6.07 Å². The Morgan fingerprint density at radius 1 is 1.32 bits per heavy atom. The van der Waals surface area contributed by atoms with Crippen LogP contribution in [0.3, 0.4) is 0 Å². The molecule has 0 fully saturated rings. The van der Waals surface area contributed by atoms with E-state index in [0.717, 1.165) is 0 Å². The standard InChI is InChI=1S/C10H10F3NO4S/c1-2-3-19(17,18)14-6-4-5(11)8(12)7(9(6)13)10(15)16/h4,14H,2-3H2,1H3,(H,15,16). The van der Waals surface area contributed by atoms with E-state index in [4.69, 9.17) is 5.11 Å². The Labute approximate surface area is 107 Å². The van der Waals surface area contributed by atoms with Gasteiger partial charge in [0.15, 0.2) is 17.5 Å². The fraction of sp³-hybridized carbons (Fsp3) is 0.300. The molecule has 1 rings (SSSR count). The van der Waals surface area contributed by atoms with E-state index >= 15 is 0 Å². The number of carbonyl (C=O) groups is 1. The lowest BCUT2D eigenvalue weighted by Gasteiger charge is -2.10. The van der Waals surface area contributed by atoms with Crippen LogP contribution < -0.4 is 4.72 Å². The highest BCUT2D eigenvalue weighted by Crippen LogP contribution is 2.25. The quantitative estimate of drug-likeness (QED) is 0.814. The second-order valence-electron chi connectivity index (χ2n) is 3.64. The minimum atomic E-state index is -3.95. The number of benzene rings is 1. The minimum absolute atomic E-state index is 0.215. The maximum Gasteiger partial charge on any atom is 0.341 e. The molecule has 0 heterocycles. The molecule has 0 saturated carbocycles. The molecule has 0 spiro atoms. The van der Waals surface area contributed by atoms with Crippen LogP contribution in [-0.4, -0.2) is 25.2 Å². The van der Waals surface area contributed by atoms with Crippen molar-refractivity contribution in [2.75, 3.05) is 10.5 Å². The van der Waals surface area contributed by atoms with Crippen LogP contribution in [0.25, 0.3) is 0 Å². The molecule has 0 radical (unpaired) electrons. The average molecular weight is 297 g/mol. The highest BCUT2D eigenvalue weighted by molar-refractivity contribution is 7.92. The molecular weight excluding hydrogens is 287 g/mol. The second-order valence-corrected chi connectivity index (χ2v) is 5.48. The van der Waals surface area contributed by atoms with Gasteiger partial charge in [-0.15, -0.1) is 0 Å². The van der Waals surface area contributed by atoms with E-state index in [2.05, 4.69) is 0 Å². The van der Waals surface area contributed by atoms with Gasteiger partial charge in [-0.1, -0.05) is 6.92 Å². The van der Waals surface area contributed by atoms with Crippen LogP contribution in [0.5, 0.6) is 0 Å². The molecule has 0 aliphatic heterocycles. The average Bonchev–Trinajstić information content (AvgIpc) is 2.25. The van der Waals surface area contributed by atoms with Gasteiger partial charge in [-0.05, 0) is 6.42 Å². The molecule has 0 bridgehead atoms. The lowest BCUT2D eigenvalue weighted by Crippen LogP contribution is -2.19. The zero-order valence-corrected chi connectivity index (χ0v) is 10.5. The Hall–Kier alpha value is -1.77. The molecule has 106 valence electrons. The highest BCUT2D eigenvalue weighted by Gasteiger charge is 2.25. The van der Waals surface area contributed by atoms with Crippen molar-refractivity contribution in [1.29, 1.82) is 0 Å². The predicted molar refractivity (Wildman–Crippen MR) is 61.0 cm³/mol. The Bertz CT molecular complexity index is 616. The van der Waals surface area contributed by atoms with E-state index in [9.17, 15) is 26.4 Å². The van der Waals surface area contributed by atoms with Gasteiger partial charge in [0.1, 0.15) is 5.56 Å². The summed E-state index contributed by atoms with van der Waals surface area (Å²) >= 11 is 0. The summed E-state index contributed by atoms with van der Waals surface area (Å²) < 4.78 is 64.3. The van der Waals surface area contributed by atoms with Crippen LogP contribution in [-0.2, 0) is 10.0 Å². The number of halogens is 3. The summed E-state index contributed by atoms with van der Waals surface area (Å²) in [5.74, 6) is -7.62. The zero-order valence-electron chi connectivity index (χ0n) is 9.71. The van der Waals surface area contributed by atoms with E-state index in [1.807, 2.05) is 0 Å². The van der Waals surface area contributed by atoms with E-state index in [1.54, 1.807) is 11.6 Å². The van der Waals surface area contributed by atoms with Gasteiger partial charge < -0.3 is 5.11 Å². The monoisotopic (exact) mass is 297 g/mol. The molecular formula is C10H10F3NO4S. The summed E-state index contributed by atoms with van der Waals surface area (Å²) in [4.78, 5) is 10.6. The molecule has 9 heteroatoms. The smallest absolute Gasteiger partial charge is 0.341 e. The fourth-order valence-electron chi connectivity index (χ4n) is 1.35. The van der Waals surface area contributed by atoms with Crippen molar-refractivity contribution in [2.24, 2.45) is 0 Å². The van der Waals surface area contributed by atoms with Crippen molar-refractivity contribution in [3.05, 3.63) is 29.1 Å². The number of nitrogens with one attached hydrogen (secondary N) is 1. The van der Waals surface area contributed by atoms with Crippen LogP contribution in [0, 0.1) is 17.5 Å². The largest absolute Gasteiger partial charge is 0.477 e. The number of carboxylic acids is 1. The van der Waals surface area contributed by atoms with Crippen molar-refractivity contribution < 1.29 is 31.5 Å². The van der Waals surface area contributed by atoms with E-state index in [1.165, 1.54) is 0 Å². The third-order valence-corrected chi connectivity index (χ3v) is 3.58. The maximum atomic E-state index is 13.6. The van der Waals surface area contributed by atoms with Gasteiger partial charge >= 0.3 is 5.97 Å². The Morgan fingerprint density at radius 2 is 1.89 bits per heavy atom. The number of aromatic carboxylic acids is 1. The normalized spacial score (nSPS) is 11.4. The summed E-state index contributed by atoms with van der Waals surface area (Å²) in [6.45, 7) is 1.55. The number of hydrogen-bond acceptors (Lipinski definition) is 3. The Balaban J connectivity index is 3.35. The fourth-order valence-corrected chi connectivity index (χ4v) is 2.48. The van der Waals surface area contributed by atoms with Gasteiger partial charge in [0, 0.05) is 6.07 Å². The van der Waals surface area contributed by atoms with Crippen LogP contribution in [0.4, 0.5) is 18.9 Å². The third kappa shape index (κ3) is 3.37. The van der Waals surface area contributed by atoms with Gasteiger partial charge in [0.25, 0.3) is 0 Å². The molecule has 0 aromatic heterocycles. The van der Waals surface area contributed by atoms with Crippen LogP contribution in [0.1, 0.15) is 23.7 Å². The summed E-state index contributed by atoms with van der Waals surface area (Å²) in [5.41, 5.74) is -2.49. The van der Waals surface area contributed by atoms with Gasteiger partial charge in [-0.3, -0.25) is 4.72 Å². The predicted octanol–water partition coefficient (Wildman–Crippen LogP) is 1.95. The van der Waals surface area contributed by atoms with Gasteiger partial charge in [0.2, 0.25) is 10.0 Å². The van der Waals surface area contributed by atoms with Gasteiger partial charge in [0.05, 0.1) is 11.4 Å². The molecule has 0 unspecified atom stereocenters. The summed E-state index contributed by atoms with van der Waals surface area (Å²) in [5, 5.41) is 8.57. The molecule has 1 aromatic carbocycles. The molecule has 0 atom stereocenters. The number of rotatable bonds is 5. The molecule has 19 heavy (non-hydrogen) atoms. The first-order valence-corrected chi connectivity index (χ1v) is 6.76. The van der Waals surface area contributed by atoms with Crippen molar-refractivity contribution in [1.82, 2.24) is 0 Å². The van der Waals surface area contributed by atoms with E-state index in [-0.39, 0.29) is 18.2 Å². The van der Waals surface area contributed by atoms with E-state index < -0.39 is 44.7 Å². The Morgan fingerprint density at radius 3 is 2.37 bits per heavy atom. The summed E-state index contributed by atoms with van der Waals surface area (Å²) in [6.07, 6.45) is 0.215. The molecule has 1 aromatic rings. The van der Waals surface area contributed by atoms with Gasteiger partial charge in [-0.25, -0.2) is 26.4 Å². The van der Waals surface area contributed by atoms with Crippen molar-refractivity contribution >= 4 is 21.7 Å². The molecule has 0 amide bonds. The maximum absolute atomic E-state index is 13.6. The van der Waals surface area contributed by atoms with Crippen molar-refractivity contribution in [3.8, 4) is 0 Å². The van der Waals surface area contributed by atoms with Crippen LogP contribution >= 0.6 is 0 Å².